The van der Waals surface area contributed by atoms with Crippen LogP contribution in [0.25, 0.3) is 0 Å². The normalized spacial score (nSPS) is 21.6. The van der Waals surface area contributed by atoms with Gasteiger partial charge in [0.05, 0.1) is 6.10 Å². The van der Waals surface area contributed by atoms with Gasteiger partial charge in [-0.15, -0.1) is 0 Å². The molecule has 0 unspecified atom stereocenters. The van der Waals surface area contributed by atoms with Crippen molar-refractivity contribution in [2.75, 3.05) is 19.0 Å². The van der Waals surface area contributed by atoms with Gasteiger partial charge in [0.2, 0.25) is 0 Å². The average Bonchev–Trinajstić information content (AvgIpc) is 2.36. The van der Waals surface area contributed by atoms with Crippen LogP contribution < -0.4 is 10.6 Å². The van der Waals surface area contributed by atoms with Crippen molar-refractivity contribution >= 4 is 11.6 Å². The summed E-state index contributed by atoms with van der Waals surface area (Å²) in [6.07, 6.45) is 2.17. The van der Waals surface area contributed by atoms with E-state index in [0.717, 1.165) is 36.3 Å². The van der Waals surface area contributed by atoms with Crippen molar-refractivity contribution in [3.63, 3.8) is 0 Å². The highest BCUT2D eigenvalue weighted by Crippen LogP contribution is 2.24. The number of aryl methyl sites for hydroxylation is 1. The Bertz CT molecular complexity index is 453. The van der Waals surface area contributed by atoms with Gasteiger partial charge in [-0.05, 0) is 50.5 Å². The lowest BCUT2D eigenvalue weighted by Gasteiger charge is -2.35. The standard InChI is InChI=1S/C15H22N2O2/c1-4-19-13-8-12(9-13)17-15(18)11-5-6-14(16-3)10(2)7-11/h5-7,12-13,16H,4,8-9H2,1-3H3,(H,17,18). The molecule has 1 saturated carbocycles. The molecule has 1 fully saturated rings. The SMILES string of the molecule is CCOC1CC(NC(=O)c2ccc(NC)c(C)c2)C1. The fourth-order valence-corrected chi connectivity index (χ4v) is 2.41. The summed E-state index contributed by atoms with van der Waals surface area (Å²) in [5.41, 5.74) is 2.85. The molecule has 4 heteroatoms. The van der Waals surface area contributed by atoms with Crippen molar-refractivity contribution in [1.29, 1.82) is 0 Å². The van der Waals surface area contributed by atoms with Gasteiger partial charge >= 0.3 is 0 Å². The maximum absolute atomic E-state index is 12.1. The number of rotatable bonds is 5. The lowest BCUT2D eigenvalue weighted by atomic mass is 9.89. The van der Waals surface area contributed by atoms with Crippen LogP contribution in [0.15, 0.2) is 18.2 Å². The summed E-state index contributed by atoms with van der Waals surface area (Å²) in [6, 6.07) is 5.97. The highest BCUT2D eigenvalue weighted by atomic mass is 16.5. The summed E-state index contributed by atoms with van der Waals surface area (Å²) in [6.45, 7) is 4.74. The Kier molecular flexibility index (Phi) is 4.43. The monoisotopic (exact) mass is 262 g/mol. The molecule has 1 aliphatic carbocycles. The summed E-state index contributed by atoms with van der Waals surface area (Å²) in [5.74, 6) is 0.00528. The predicted octanol–water partition coefficient (Wildman–Crippen LogP) is 2.33. The molecule has 0 saturated heterocycles. The van der Waals surface area contributed by atoms with Crippen LogP contribution in [0.1, 0.15) is 35.7 Å². The first-order chi connectivity index (χ1) is 9.13. The van der Waals surface area contributed by atoms with Crippen LogP contribution >= 0.6 is 0 Å². The summed E-state index contributed by atoms with van der Waals surface area (Å²) in [4.78, 5) is 12.1. The van der Waals surface area contributed by atoms with Crippen molar-refractivity contribution in [2.45, 2.75) is 38.8 Å². The van der Waals surface area contributed by atoms with E-state index in [1.807, 2.05) is 39.1 Å². The van der Waals surface area contributed by atoms with Gasteiger partial charge in [-0.25, -0.2) is 0 Å². The number of hydrogen-bond donors (Lipinski definition) is 2. The van der Waals surface area contributed by atoms with Crippen molar-refractivity contribution in [1.82, 2.24) is 5.32 Å². The number of nitrogens with one attached hydrogen (secondary N) is 2. The summed E-state index contributed by atoms with van der Waals surface area (Å²) in [5, 5.41) is 6.14. The Balaban J connectivity index is 1.89. The zero-order valence-electron chi connectivity index (χ0n) is 11.8. The third kappa shape index (κ3) is 3.26. The molecule has 104 valence electrons. The largest absolute Gasteiger partial charge is 0.388 e. The Hall–Kier alpha value is -1.55. The molecule has 0 spiro atoms. The van der Waals surface area contributed by atoms with E-state index >= 15 is 0 Å². The zero-order valence-corrected chi connectivity index (χ0v) is 11.8. The maximum Gasteiger partial charge on any atom is 0.251 e. The van der Waals surface area contributed by atoms with Crippen LogP contribution in [-0.4, -0.2) is 31.7 Å². The Morgan fingerprint density at radius 3 is 2.74 bits per heavy atom. The van der Waals surface area contributed by atoms with Crippen LogP contribution in [0, 0.1) is 6.92 Å². The minimum atomic E-state index is 0.00528. The third-order valence-electron chi connectivity index (χ3n) is 3.59. The number of benzene rings is 1. The van der Waals surface area contributed by atoms with Crippen molar-refractivity contribution < 1.29 is 9.53 Å². The van der Waals surface area contributed by atoms with E-state index in [1.165, 1.54) is 0 Å². The number of hydrogen-bond acceptors (Lipinski definition) is 3. The lowest BCUT2D eigenvalue weighted by molar-refractivity contribution is -0.00862. The fourth-order valence-electron chi connectivity index (χ4n) is 2.41. The summed E-state index contributed by atoms with van der Waals surface area (Å²) >= 11 is 0. The van der Waals surface area contributed by atoms with Gasteiger partial charge in [0, 0.05) is 30.9 Å². The molecule has 2 rings (SSSR count). The molecule has 0 bridgehead atoms. The van der Waals surface area contributed by atoms with Gasteiger partial charge in [0.25, 0.3) is 5.91 Å². The van der Waals surface area contributed by atoms with Gasteiger partial charge < -0.3 is 15.4 Å². The molecule has 4 nitrogen and oxygen atoms in total. The van der Waals surface area contributed by atoms with E-state index in [4.69, 9.17) is 4.74 Å². The van der Waals surface area contributed by atoms with Gasteiger partial charge in [-0.3, -0.25) is 4.79 Å². The number of amides is 1. The molecule has 1 aromatic rings. The second-order valence-corrected chi connectivity index (χ2v) is 5.00. The first kappa shape index (κ1) is 13.9. The smallest absolute Gasteiger partial charge is 0.251 e. The van der Waals surface area contributed by atoms with Crippen molar-refractivity contribution in [3.05, 3.63) is 29.3 Å². The summed E-state index contributed by atoms with van der Waals surface area (Å²) in [7, 11) is 1.88. The molecule has 19 heavy (non-hydrogen) atoms. The van der Waals surface area contributed by atoms with E-state index in [-0.39, 0.29) is 11.9 Å². The van der Waals surface area contributed by atoms with Gasteiger partial charge in [0.1, 0.15) is 0 Å². The fraction of sp³-hybridized carbons (Fsp3) is 0.533. The van der Waals surface area contributed by atoms with Gasteiger partial charge in [0.15, 0.2) is 0 Å². The highest BCUT2D eigenvalue weighted by molar-refractivity contribution is 5.95. The molecule has 1 aliphatic rings. The Morgan fingerprint density at radius 1 is 1.42 bits per heavy atom. The van der Waals surface area contributed by atoms with Gasteiger partial charge in [-0.2, -0.15) is 0 Å². The van der Waals surface area contributed by atoms with Crippen LogP contribution in [0.4, 0.5) is 5.69 Å². The number of ether oxygens (including phenoxy) is 1. The van der Waals surface area contributed by atoms with E-state index in [2.05, 4.69) is 10.6 Å². The molecule has 0 aliphatic heterocycles. The average molecular weight is 262 g/mol. The number of carbonyl (C=O) groups is 1. The molecule has 2 N–H and O–H groups in total. The van der Waals surface area contributed by atoms with Crippen LogP contribution in [0.3, 0.4) is 0 Å². The number of carbonyl (C=O) groups excluding carboxylic acids is 1. The molecular formula is C15H22N2O2. The van der Waals surface area contributed by atoms with Crippen LogP contribution in [-0.2, 0) is 4.74 Å². The molecule has 0 heterocycles. The van der Waals surface area contributed by atoms with Crippen LogP contribution in [0.2, 0.25) is 0 Å². The first-order valence-corrected chi connectivity index (χ1v) is 6.85. The zero-order chi connectivity index (χ0) is 13.8. The summed E-state index contributed by atoms with van der Waals surface area (Å²) < 4.78 is 5.49. The second-order valence-electron chi connectivity index (χ2n) is 5.00. The van der Waals surface area contributed by atoms with Crippen LogP contribution in [0.5, 0.6) is 0 Å². The molecular weight excluding hydrogens is 240 g/mol. The molecule has 0 atom stereocenters. The van der Waals surface area contributed by atoms with E-state index in [9.17, 15) is 4.79 Å². The van der Waals surface area contributed by atoms with E-state index < -0.39 is 0 Å². The third-order valence-corrected chi connectivity index (χ3v) is 3.59. The maximum atomic E-state index is 12.1. The van der Waals surface area contributed by atoms with Crippen molar-refractivity contribution in [3.8, 4) is 0 Å². The van der Waals surface area contributed by atoms with Gasteiger partial charge in [-0.1, -0.05) is 0 Å². The second kappa shape index (κ2) is 6.06. The quantitative estimate of drug-likeness (QED) is 0.856. The molecule has 0 radical (unpaired) electrons. The van der Waals surface area contributed by atoms with E-state index in [0.29, 0.717) is 6.10 Å². The Morgan fingerprint density at radius 2 is 2.16 bits per heavy atom. The Labute approximate surface area is 114 Å². The minimum Gasteiger partial charge on any atom is -0.388 e. The molecule has 1 aromatic carbocycles. The topological polar surface area (TPSA) is 50.4 Å². The number of anilines is 1. The first-order valence-electron chi connectivity index (χ1n) is 6.85. The molecule has 1 amide bonds. The molecule has 0 aromatic heterocycles. The van der Waals surface area contributed by atoms with Crippen molar-refractivity contribution in [2.24, 2.45) is 0 Å². The van der Waals surface area contributed by atoms with E-state index in [1.54, 1.807) is 0 Å². The minimum absolute atomic E-state index is 0.00528. The highest BCUT2D eigenvalue weighted by Gasteiger charge is 2.30. The predicted molar refractivity (Wildman–Crippen MR) is 76.6 cm³/mol. The lowest BCUT2D eigenvalue weighted by Crippen LogP contribution is -2.47.